The number of methoxy groups -OCH3 is 1. The van der Waals surface area contributed by atoms with Crippen LogP contribution >= 0.6 is 0 Å². The van der Waals surface area contributed by atoms with E-state index in [2.05, 4.69) is 26.0 Å². The van der Waals surface area contributed by atoms with Crippen LogP contribution in [0, 0.1) is 5.92 Å². The van der Waals surface area contributed by atoms with Crippen LogP contribution in [0.3, 0.4) is 0 Å². The van der Waals surface area contributed by atoms with Crippen molar-refractivity contribution in [3.63, 3.8) is 0 Å². The Hall–Kier alpha value is -1.11. The molecule has 0 aromatic heterocycles. The molecular weight excluding hydrogens is 160 g/mol. The summed E-state index contributed by atoms with van der Waals surface area (Å²) in [5, 5.41) is 0. The van der Waals surface area contributed by atoms with E-state index < -0.39 is 0 Å². The monoisotopic (exact) mass is 177 g/mol. The van der Waals surface area contributed by atoms with Gasteiger partial charge >= 0.3 is 0 Å². The molecule has 1 aromatic rings. The van der Waals surface area contributed by atoms with Gasteiger partial charge in [0.2, 0.25) is 0 Å². The summed E-state index contributed by atoms with van der Waals surface area (Å²) in [7, 11) is 1.69. The van der Waals surface area contributed by atoms with Crippen LogP contribution in [0.25, 0.3) is 0 Å². The molecule has 1 aromatic carbocycles. The molecule has 0 aliphatic heterocycles. The van der Waals surface area contributed by atoms with Gasteiger partial charge in [-0.05, 0) is 17.7 Å². The number of hydrogen-bond acceptors (Lipinski definition) is 1. The van der Waals surface area contributed by atoms with Crippen LogP contribution in [0.1, 0.15) is 25.8 Å². The second-order valence-corrected chi connectivity index (χ2v) is 3.56. The van der Waals surface area contributed by atoms with Gasteiger partial charge in [-0.2, -0.15) is 0 Å². The average molecular weight is 177 g/mol. The summed E-state index contributed by atoms with van der Waals surface area (Å²) in [5.41, 5.74) is 1.38. The van der Waals surface area contributed by atoms with E-state index in [1.54, 1.807) is 7.11 Å². The highest BCUT2D eigenvalue weighted by Gasteiger charge is 2.04. The van der Waals surface area contributed by atoms with Gasteiger partial charge in [-0.15, -0.1) is 0 Å². The number of hydrogen-bond donors (Lipinski definition) is 0. The van der Waals surface area contributed by atoms with E-state index in [1.807, 2.05) is 12.1 Å². The molecule has 0 aliphatic carbocycles. The molecule has 0 fully saturated rings. The van der Waals surface area contributed by atoms with Gasteiger partial charge in [-0.25, -0.2) is 0 Å². The summed E-state index contributed by atoms with van der Waals surface area (Å²) >= 11 is 0. The lowest BCUT2D eigenvalue weighted by Gasteiger charge is -2.01. The van der Waals surface area contributed by atoms with Crippen LogP contribution in [-0.4, -0.2) is 7.11 Å². The smallest absolute Gasteiger partial charge is 0.118 e. The zero-order valence-electron chi connectivity index (χ0n) is 8.63. The Balaban J connectivity index is 2.49. The highest BCUT2D eigenvalue weighted by atomic mass is 16.5. The van der Waals surface area contributed by atoms with Crippen molar-refractivity contribution in [2.75, 3.05) is 7.11 Å². The van der Waals surface area contributed by atoms with E-state index >= 15 is 0 Å². The van der Waals surface area contributed by atoms with Gasteiger partial charge in [0.05, 0.1) is 33.3 Å². The Morgan fingerprint density at radius 3 is 2.23 bits per heavy atom. The lowest BCUT2D eigenvalue weighted by Crippen LogP contribution is -1.90. The van der Waals surface area contributed by atoms with E-state index in [4.69, 9.17) is 4.74 Å². The molecular formula is C12H17O+. The first-order valence-electron chi connectivity index (χ1n) is 4.64. The van der Waals surface area contributed by atoms with Gasteiger partial charge in [-0.3, -0.25) is 0 Å². The summed E-state index contributed by atoms with van der Waals surface area (Å²) < 4.78 is 5.09. The molecule has 70 valence electrons. The first-order valence-corrected chi connectivity index (χ1v) is 4.64. The van der Waals surface area contributed by atoms with Crippen LogP contribution in [0.4, 0.5) is 0 Å². The van der Waals surface area contributed by atoms with Crippen molar-refractivity contribution in [2.45, 2.75) is 26.7 Å². The minimum atomic E-state index is 0.931. The molecule has 1 heteroatoms. The standard InChI is InChI=1S/C12H17O/c1-10(2)4-5-11-6-8-12(13-3)9-7-11/h6-9H,4-5H2,1-3H3/q+1. The molecule has 0 saturated carbocycles. The topological polar surface area (TPSA) is 9.23 Å². The SMILES string of the molecule is COc1ccc(CC[C+](C)C)cc1. The number of ether oxygens (including phenoxy) is 1. The number of rotatable bonds is 4. The third-order valence-corrected chi connectivity index (χ3v) is 2.07. The average Bonchev–Trinajstić information content (AvgIpc) is 2.15. The molecule has 0 atom stereocenters. The zero-order chi connectivity index (χ0) is 9.68. The number of aryl methyl sites for hydroxylation is 1. The molecule has 1 rings (SSSR count). The fraction of sp³-hybridized carbons (Fsp3) is 0.417. The summed E-state index contributed by atoms with van der Waals surface area (Å²) in [5.74, 6) is 2.41. The van der Waals surface area contributed by atoms with Gasteiger partial charge in [-0.1, -0.05) is 12.1 Å². The molecule has 0 spiro atoms. The molecule has 1 nitrogen and oxygen atoms in total. The van der Waals surface area contributed by atoms with Gasteiger partial charge < -0.3 is 4.74 Å². The Bertz CT molecular complexity index is 236. The van der Waals surface area contributed by atoms with Crippen molar-refractivity contribution in [1.82, 2.24) is 0 Å². The predicted molar refractivity (Wildman–Crippen MR) is 55.9 cm³/mol. The Morgan fingerprint density at radius 1 is 1.15 bits per heavy atom. The van der Waals surface area contributed by atoms with Gasteiger partial charge in [0.25, 0.3) is 0 Å². The van der Waals surface area contributed by atoms with Crippen LogP contribution in [-0.2, 0) is 6.42 Å². The molecule has 0 saturated heterocycles. The van der Waals surface area contributed by atoms with Crippen molar-refractivity contribution in [1.29, 1.82) is 0 Å². The van der Waals surface area contributed by atoms with Crippen LogP contribution < -0.4 is 4.74 Å². The maximum absolute atomic E-state index is 5.09. The van der Waals surface area contributed by atoms with E-state index in [1.165, 1.54) is 17.9 Å². The Kier molecular flexibility index (Phi) is 3.69. The van der Waals surface area contributed by atoms with Gasteiger partial charge in [0.1, 0.15) is 5.75 Å². The van der Waals surface area contributed by atoms with Gasteiger partial charge in [0, 0.05) is 6.42 Å². The zero-order valence-corrected chi connectivity index (χ0v) is 8.63. The molecule has 0 heterocycles. The fourth-order valence-electron chi connectivity index (χ4n) is 1.19. The van der Waals surface area contributed by atoms with Crippen LogP contribution in [0.2, 0.25) is 0 Å². The molecule has 0 bridgehead atoms. The predicted octanol–water partition coefficient (Wildman–Crippen LogP) is 3.24. The van der Waals surface area contributed by atoms with Crippen molar-refractivity contribution in [3.05, 3.63) is 35.7 Å². The molecule has 0 unspecified atom stereocenters. The third kappa shape index (κ3) is 3.41. The molecule has 0 N–H and O–H groups in total. The molecule has 0 radical (unpaired) electrons. The summed E-state index contributed by atoms with van der Waals surface area (Å²) in [4.78, 5) is 0. The molecule has 13 heavy (non-hydrogen) atoms. The summed E-state index contributed by atoms with van der Waals surface area (Å²) in [6.45, 7) is 4.34. The molecule has 0 amide bonds. The molecule has 0 aliphatic rings. The minimum absolute atomic E-state index is 0.931. The highest BCUT2D eigenvalue weighted by molar-refractivity contribution is 5.27. The first-order chi connectivity index (χ1) is 6.22. The number of benzene rings is 1. The van der Waals surface area contributed by atoms with Crippen molar-refractivity contribution in [3.8, 4) is 5.75 Å². The van der Waals surface area contributed by atoms with E-state index in [-0.39, 0.29) is 0 Å². The van der Waals surface area contributed by atoms with Crippen molar-refractivity contribution in [2.24, 2.45) is 0 Å². The largest absolute Gasteiger partial charge is 0.497 e. The minimum Gasteiger partial charge on any atom is -0.497 e. The maximum atomic E-state index is 5.09. The highest BCUT2D eigenvalue weighted by Crippen LogP contribution is 2.14. The summed E-state index contributed by atoms with van der Waals surface area (Å²) in [6, 6.07) is 8.28. The lowest BCUT2D eigenvalue weighted by atomic mass is 10.0. The Morgan fingerprint density at radius 2 is 1.77 bits per heavy atom. The second-order valence-electron chi connectivity index (χ2n) is 3.56. The normalized spacial score (nSPS) is 9.77. The van der Waals surface area contributed by atoms with Crippen molar-refractivity contribution < 1.29 is 4.74 Å². The van der Waals surface area contributed by atoms with E-state index in [0.717, 1.165) is 12.2 Å². The van der Waals surface area contributed by atoms with Gasteiger partial charge in [0.15, 0.2) is 0 Å². The maximum Gasteiger partial charge on any atom is 0.118 e. The quantitative estimate of drug-likeness (QED) is 0.641. The first kappa shape index (κ1) is 9.97. The summed E-state index contributed by atoms with van der Waals surface area (Å²) in [6.07, 6.45) is 2.30. The third-order valence-electron chi connectivity index (χ3n) is 2.07. The van der Waals surface area contributed by atoms with Crippen LogP contribution in [0.15, 0.2) is 24.3 Å². The van der Waals surface area contributed by atoms with Crippen LogP contribution in [0.5, 0.6) is 5.75 Å². The fourth-order valence-corrected chi connectivity index (χ4v) is 1.19. The van der Waals surface area contributed by atoms with E-state index in [0.29, 0.717) is 0 Å². The van der Waals surface area contributed by atoms with Crippen molar-refractivity contribution >= 4 is 0 Å². The second kappa shape index (κ2) is 4.80. The van der Waals surface area contributed by atoms with E-state index in [9.17, 15) is 0 Å². The Labute approximate surface area is 80.7 Å². The lowest BCUT2D eigenvalue weighted by molar-refractivity contribution is 0.414.